The molecule has 0 saturated carbocycles. The molecule has 5 nitrogen and oxygen atoms in total. The average molecular weight is 285 g/mol. The highest BCUT2D eigenvalue weighted by atomic mass is 35.5. The summed E-state index contributed by atoms with van der Waals surface area (Å²) in [5.41, 5.74) is 1.05. The predicted octanol–water partition coefficient (Wildman–Crippen LogP) is 2.00. The number of urea groups is 1. The Morgan fingerprint density at radius 2 is 1.95 bits per heavy atom. The van der Waals surface area contributed by atoms with E-state index in [1.165, 1.54) is 14.0 Å². The Hall–Kier alpha value is -1.75. The van der Waals surface area contributed by atoms with Crippen molar-refractivity contribution in [3.8, 4) is 0 Å². The fraction of sp³-hybridized carbons (Fsp3) is 0.385. The van der Waals surface area contributed by atoms with Crippen molar-refractivity contribution in [1.29, 1.82) is 0 Å². The van der Waals surface area contributed by atoms with E-state index in [0.29, 0.717) is 18.0 Å². The molecule has 0 saturated heterocycles. The van der Waals surface area contributed by atoms with Gasteiger partial charge in [-0.3, -0.25) is 0 Å². The maximum absolute atomic E-state index is 11.7. The zero-order chi connectivity index (χ0) is 14.4. The van der Waals surface area contributed by atoms with Gasteiger partial charge >= 0.3 is 12.0 Å². The minimum atomic E-state index is -1.03. The minimum absolute atomic E-state index is 0.399. The van der Waals surface area contributed by atoms with Gasteiger partial charge in [-0.05, 0) is 31.0 Å². The van der Waals surface area contributed by atoms with Crippen molar-refractivity contribution in [2.24, 2.45) is 0 Å². The topological polar surface area (TPSA) is 69.6 Å². The number of carbonyl (C=O) groups excluding carboxylic acids is 1. The highest BCUT2D eigenvalue weighted by molar-refractivity contribution is 6.30. The fourth-order valence-electron chi connectivity index (χ4n) is 1.43. The minimum Gasteiger partial charge on any atom is -0.480 e. The van der Waals surface area contributed by atoms with Gasteiger partial charge in [0.1, 0.15) is 6.04 Å². The van der Waals surface area contributed by atoms with Gasteiger partial charge in [0.2, 0.25) is 0 Å². The number of hydrogen-bond acceptors (Lipinski definition) is 2. The number of halogens is 1. The van der Waals surface area contributed by atoms with Crippen LogP contribution < -0.4 is 5.32 Å². The van der Waals surface area contributed by atoms with Gasteiger partial charge in [-0.2, -0.15) is 0 Å². The second-order valence-corrected chi connectivity index (χ2v) is 4.67. The van der Waals surface area contributed by atoms with Crippen LogP contribution in [0.25, 0.3) is 0 Å². The number of carboxylic acid groups (broad SMARTS) is 1. The molecule has 1 aromatic rings. The van der Waals surface area contributed by atoms with E-state index in [1.54, 1.807) is 12.1 Å². The van der Waals surface area contributed by atoms with E-state index in [0.717, 1.165) is 10.5 Å². The molecule has 1 aromatic carbocycles. The van der Waals surface area contributed by atoms with E-state index in [-0.39, 0.29) is 0 Å². The zero-order valence-corrected chi connectivity index (χ0v) is 11.6. The first-order valence-electron chi connectivity index (χ1n) is 5.89. The molecule has 0 bridgehead atoms. The van der Waals surface area contributed by atoms with Crippen molar-refractivity contribution in [3.63, 3.8) is 0 Å². The molecule has 0 heterocycles. The Morgan fingerprint density at radius 3 is 2.47 bits per heavy atom. The van der Waals surface area contributed by atoms with Crippen LogP contribution in [0, 0.1) is 0 Å². The van der Waals surface area contributed by atoms with Gasteiger partial charge in [0, 0.05) is 18.6 Å². The zero-order valence-electron chi connectivity index (χ0n) is 10.9. The van der Waals surface area contributed by atoms with E-state index in [9.17, 15) is 9.59 Å². The van der Waals surface area contributed by atoms with E-state index in [2.05, 4.69) is 5.32 Å². The summed E-state index contributed by atoms with van der Waals surface area (Å²) in [6.45, 7) is 1.90. The number of nitrogens with zero attached hydrogens (tertiary/aromatic N) is 1. The Morgan fingerprint density at radius 1 is 1.37 bits per heavy atom. The molecule has 1 rings (SSSR count). The standard InChI is InChI=1S/C13H17ClN2O3/c1-9(12(17)18)16(2)13(19)15-8-7-10-3-5-11(14)6-4-10/h3-6,9H,7-8H2,1-2H3,(H,15,19)(H,17,18). The predicted molar refractivity (Wildman–Crippen MR) is 73.4 cm³/mol. The Balaban J connectivity index is 2.38. The maximum atomic E-state index is 11.7. The molecule has 2 amide bonds. The third-order valence-electron chi connectivity index (χ3n) is 2.86. The van der Waals surface area contributed by atoms with E-state index in [1.807, 2.05) is 12.1 Å². The van der Waals surface area contributed by atoms with Crippen LogP contribution in [0.1, 0.15) is 12.5 Å². The highest BCUT2D eigenvalue weighted by Crippen LogP contribution is 2.09. The summed E-state index contributed by atoms with van der Waals surface area (Å²) in [6.07, 6.45) is 0.665. The monoisotopic (exact) mass is 284 g/mol. The average Bonchev–Trinajstić information content (AvgIpc) is 2.39. The second kappa shape index (κ2) is 6.99. The largest absolute Gasteiger partial charge is 0.480 e. The van der Waals surface area contributed by atoms with Crippen molar-refractivity contribution in [3.05, 3.63) is 34.9 Å². The number of hydrogen-bond donors (Lipinski definition) is 2. The normalized spacial score (nSPS) is 11.7. The van der Waals surface area contributed by atoms with Crippen LogP contribution in [-0.4, -0.2) is 41.6 Å². The van der Waals surface area contributed by atoms with E-state index in [4.69, 9.17) is 16.7 Å². The molecule has 0 radical (unpaired) electrons. The molecule has 1 atom stereocenters. The molecule has 0 aliphatic heterocycles. The van der Waals surface area contributed by atoms with Crippen LogP contribution in [-0.2, 0) is 11.2 Å². The Labute approximate surface area is 117 Å². The van der Waals surface area contributed by atoms with Gasteiger partial charge in [0.05, 0.1) is 0 Å². The summed E-state index contributed by atoms with van der Waals surface area (Å²) in [5, 5.41) is 12.1. The summed E-state index contributed by atoms with van der Waals surface area (Å²) in [7, 11) is 1.45. The molecule has 19 heavy (non-hydrogen) atoms. The number of carboxylic acids is 1. The third-order valence-corrected chi connectivity index (χ3v) is 3.11. The van der Waals surface area contributed by atoms with Crippen LogP contribution in [0.5, 0.6) is 0 Å². The van der Waals surface area contributed by atoms with Crippen molar-refractivity contribution in [2.75, 3.05) is 13.6 Å². The Kier molecular flexibility index (Phi) is 5.63. The van der Waals surface area contributed by atoms with Gasteiger partial charge in [0.15, 0.2) is 0 Å². The summed E-state index contributed by atoms with van der Waals surface area (Å²) in [6, 6.07) is 6.10. The molecule has 2 N–H and O–H groups in total. The lowest BCUT2D eigenvalue weighted by molar-refractivity contribution is -0.141. The third kappa shape index (κ3) is 4.79. The number of aliphatic carboxylic acids is 1. The first-order valence-corrected chi connectivity index (χ1v) is 6.27. The van der Waals surface area contributed by atoms with Crippen LogP contribution in [0.4, 0.5) is 4.79 Å². The van der Waals surface area contributed by atoms with Gasteiger partial charge in [-0.1, -0.05) is 23.7 Å². The van der Waals surface area contributed by atoms with Gasteiger partial charge < -0.3 is 15.3 Å². The number of amides is 2. The molecule has 0 aliphatic carbocycles. The number of nitrogens with one attached hydrogen (secondary N) is 1. The number of rotatable bonds is 5. The lowest BCUT2D eigenvalue weighted by Crippen LogP contribution is -2.46. The van der Waals surface area contributed by atoms with Gasteiger partial charge in [-0.25, -0.2) is 9.59 Å². The molecule has 104 valence electrons. The molecule has 0 fully saturated rings. The lowest BCUT2D eigenvalue weighted by Gasteiger charge is -2.21. The van der Waals surface area contributed by atoms with Gasteiger partial charge in [0.25, 0.3) is 0 Å². The van der Waals surface area contributed by atoms with Crippen molar-refractivity contribution in [2.45, 2.75) is 19.4 Å². The molecular formula is C13H17ClN2O3. The van der Waals surface area contributed by atoms with Crippen molar-refractivity contribution in [1.82, 2.24) is 10.2 Å². The number of carbonyl (C=O) groups is 2. The van der Waals surface area contributed by atoms with Crippen LogP contribution in [0.3, 0.4) is 0 Å². The molecule has 0 spiro atoms. The number of likely N-dealkylation sites (N-methyl/N-ethyl adjacent to an activating group) is 1. The molecule has 1 unspecified atom stereocenters. The smallest absolute Gasteiger partial charge is 0.326 e. The fourth-order valence-corrected chi connectivity index (χ4v) is 1.56. The molecule has 0 aliphatic rings. The summed E-state index contributed by atoms with van der Waals surface area (Å²) in [5.74, 6) is -1.03. The molecule has 6 heteroatoms. The van der Waals surface area contributed by atoms with Crippen LogP contribution in [0.15, 0.2) is 24.3 Å². The second-order valence-electron chi connectivity index (χ2n) is 4.23. The highest BCUT2D eigenvalue weighted by Gasteiger charge is 2.20. The first kappa shape index (κ1) is 15.3. The first-order chi connectivity index (χ1) is 8.91. The maximum Gasteiger partial charge on any atom is 0.326 e. The van der Waals surface area contributed by atoms with Crippen molar-refractivity contribution < 1.29 is 14.7 Å². The van der Waals surface area contributed by atoms with Crippen molar-refractivity contribution >= 4 is 23.6 Å². The number of benzene rings is 1. The van der Waals surface area contributed by atoms with Crippen LogP contribution >= 0.6 is 11.6 Å². The summed E-state index contributed by atoms with van der Waals surface area (Å²) >= 11 is 5.77. The quantitative estimate of drug-likeness (QED) is 0.869. The van der Waals surface area contributed by atoms with Gasteiger partial charge in [-0.15, -0.1) is 0 Å². The molecular weight excluding hydrogens is 268 g/mol. The Bertz CT molecular complexity index is 448. The van der Waals surface area contributed by atoms with E-state index < -0.39 is 18.0 Å². The molecule has 0 aromatic heterocycles. The summed E-state index contributed by atoms with van der Waals surface area (Å²) in [4.78, 5) is 23.6. The SMILES string of the molecule is CC(C(=O)O)N(C)C(=O)NCCc1ccc(Cl)cc1. The lowest BCUT2D eigenvalue weighted by atomic mass is 10.1. The summed E-state index contributed by atoms with van der Waals surface area (Å²) < 4.78 is 0. The van der Waals surface area contributed by atoms with Crippen LogP contribution in [0.2, 0.25) is 5.02 Å². The van der Waals surface area contributed by atoms with E-state index >= 15 is 0 Å².